The Morgan fingerprint density at radius 1 is 1.30 bits per heavy atom. The number of nitrogens with zero attached hydrogens (tertiary/aromatic N) is 3. The van der Waals surface area contributed by atoms with E-state index in [2.05, 4.69) is 15.5 Å². The molecule has 6 nitrogen and oxygen atoms in total. The van der Waals surface area contributed by atoms with Gasteiger partial charge >= 0.3 is 0 Å². The van der Waals surface area contributed by atoms with Crippen molar-refractivity contribution in [1.82, 2.24) is 15.1 Å². The van der Waals surface area contributed by atoms with Gasteiger partial charge in [-0.05, 0) is 5.56 Å². The van der Waals surface area contributed by atoms with Crippen LogP contribution in [-0.4, -0.2) is 44.2 Å². The molecule has 140 valence electrons. The average Bonchev–Trinajstić information content (AvgIpc) is 3.20. The maximum atomic E-state index is 12.9. The van der Waals surface area contributed by atoms with E-state index in [4.69, 9.17) is 23.8 Å². The molecule has 2 heterocycles. The number of likely N-dealkylation sites (N-methyl/N-ethyl adjacent to an activating group) is 1. The molecule has 1 N–H and O–H groups in total. The molecule has 0 radical (unpaired) electrons. The van der Waals surface area contributed by atoms with Crippen molar-refractivity contribution >= 4 is 68.2 Å². The number of rotatable bonds is 6. The lowest BCUT2D eigenvalue weighted by Gasteiger charge is -2.10. The Balaban J connectivity index is 1.90. The number of aryl methyl sites for hydroxylation is 1. The van der Waals surface area contributed by atoms with Crippen LogP contribution in [0.3, 0.4) is 0 Å². The Morgan fingerprint density at radius 3 is 2.67 bits per heavy atom. The molecular weight excluding hydrogens is 424 g/mol. The summed E-state index contributed by atoms with van der Waals surface area (Å²) >= 11 is 13.3. The Bertz CT molecular complexity index is 914. The Labute approximate surface area is 175 Å². The van der Waals surface area contributed by atoms with E-state index < -0.39 is 0 Å². The third-order valence-electron chi connectivity index (χ3n) is 3.73. The second kappa shape index (κ2) is 8.92. The first-order valence-corrected chi connectivity index (χ1v) is 10.5. The highest BCUT2D eigenvalue weighted by atomic mass is 35.5. The van der Waals surface area contributed by atoms with Crippen molar-refractivity contribution < 1.29 is 9.59 Å². The van der Waals surface area contributed by atoms with Crippen molar-refractivity contribution in [2.45, 2.75) is 12.8 Å². The molecule has 1 fully saturated rings. The van der Waals surface area contributed by atoms with Gasteiger partial charge in [-0.25, -0.2) is 0 Å². The summed E-state index contributed by atoms with van der Waals surface area (Å²) in [6, 6.07) is 9.49. The fourth-order valence-electron chi connectivity index (χ4n) is 2.35. The van der Waals surface area contributed by atoms with Gasteiger partial charge in [-0.1, -0.05) is 65.6 Å². The predicted octanol–water partition coefficient (Wildman–Crippen LogP) is 3.24. The quantitative estimate of drug-likeness (QED) is 0.424. The topological polar surface area (TPSA) is 75.2 Å². The highest BCUT2D eigenvalue weighted by molar-refractivity contribution is 8.26. The number of halogens is 1. The fourth-order valence-corrected chi connectivity index (χ4v) is 4.61. The summed E-state index contributed by atoms with van der Waals surface area (Å²) in [7, 11) is 1.60. The van der Waals surface area contributed by atoms with Crippen LogP contribution in [-0.2, 0) is 22.4 Å². The van der Waals surface area contributed by atoms with Gasteiger partial charge in [-0.3, -0.25) is 19.8 Å². The molecular formula is C17H15ClN4O2S3. The molecule has 0 atom stereocenters. The van der Waals surface area contributed by atoms with Gasteiger partial charge in [0.15, 0.2) is 0 Å². The number of amides is 2. The van der Waals surface area contributed by atoms with Crippen molar-refractivity contribution in [3.8, 4) is 0 Å². The zero-order valence-electron chi connectivity index (χ0n) is 14.3. The van der Waals surface area contributed by atoms with Gasteiger partial charge in [0.05, 0.1) is 4.91 Å². The number of hydrogen-bond donors (Lipinski definition) is 1. The molecule has 2 aromatic rings. The monoisotopic (exact) mass is 438 g/mol. The number of carbonyl (C=O) groups is 2. The van der Waals surface area contributed by atoms with Gasteiger partial charge < -0.3 is 0 Å². The fraction of sp³-hybridized carbons (Fsp3) is 0.235. The minimum absolute atomic E-state index is 0.272. The van der Waals surface area contributed by atoms with Crippen LogP contribution >= 0.6 is 46.9 Å². The molecule has 3 rings (SSSR count). The number of carbonyl (C=O) groups excluding carboxylic acids is 2. The van der Waals surface area contributed by atoms with Gasteiger partial charge in [0.25, 0.3) is 11.8 Å². The van der Waals surface area contributed by atoms with Gasteiger partial charge in [0, 0.05) is 31.3 Å². The SMILES string of the molecule is CN1C(=O)/C(=C(/Cc2ccccc2)C(=O)Nc2nnc(CCCl)s2)SC1=S. The van der Waals surface area contributed by atoms with Crippen LogP contribution in [0.15, 0.2) is 40.8 Å². The summed E-state index contributed by atoms with van der Waals surface area (Å²) in [5.41, 5.74) is 1.28. The van der Waals surface area contributed by atoms with Crippen LogP contribution in [0, 0.1) is 0 Å². The molecule has 10 heteroatoms. The maximum absolute atomic E-state index is 12.9. The summed E-state index contributed by atoms with van der Waals surface area (Å²) < 4.78 is 0.425. The van der Waals surface area contributed by atoms with Crippen LogP contribution in [0.2, 0.25) is 0 Å². The number of benzene rings is 1. The number of anilines is 1. The Hall–Kier alpha value is -1.81. The molecule has 1 saturated heterocycles. The Morgan fingerprint density at radius 2 is 2.04 bits per heavy atom. The third-order valence-corrected chi connectivity index (χ3v) is 6.41. The van der Waals surface area contributed by atoms with Crippen LogP contribution in [0.1, 0.15) is 10.6 Å². The molecule has 0 saturated carbocycles. The number of hydrogen-bond acceptors (Lipinski definition) is 7. The lowest BCUT2D eigenvalue weighted by atomic mass is 10.0. The molecule has 1 aromatic heterocycles. The number of aromatic nitrogens is 2. The first kappa shape index (κ1) is 19.9. The van der Waals surface area contributed by atoms with Crippen molar-refractivity contribution in [3.05, 3.63) is 51.4 Å². The molecule has 1 aliphatic heterocycles. The summed E-state index contributed by atoms with van der Waals surface area (Å²) in [6.07, 6.45) is 0.894. The molecule has 1 aromatic carbocycles. The standard InChI is InChI=1S/C17H15ClN4O2S3/c1-22-15(24)13(27-17(22)25)11(9-10-5-3-2-4-6-10)14(23)19-16-21-20-12(26-16)7-8-18/h2-6H,7-9H2,1H3,(H,19,21,23)/b13-11+. The van der Waals surface area contributed by atoms with E-state index in [0.717, 1.165) is 22.3 Å². The zero-order chi connectivity index (χ0) is 19.4. The Kier molecular flexibility index (Phi) is 6.59. The summed E-state index contributed by atoms with van der Waals surface area (Å²) in [4.78, 5) is 27.2. The maximum Gasteiger partial charge on any atom is 0.266 e. The number of nitrogens with one attached hydrogen (secondary N) is 1. The lowest BCUT2D eigenvalue weighted by molar-refractivity contribution is -0.122. The highest BCUT2D eigenvalue weighted by Gasteiger charge is 2.34. The second-order valence-electron chi connectivity index (χ2n) is 5.60. The van der Waals surface area contributed by atoms with E-state index in [0.29, 0.717) is 38.7 Å². The predicted molar refractivity (Wildman–Crippen MR) is 113 cm³/mol. The molecule has 27 heavy (non-hydrogen) atoms. The minimum Gasteiger partial charge on any atom is -0.297 e. The van der Waals surface area contributed by atoms with Crippen LogP contribution < -0.4 is 5.32 Å². The average molecular weight is 439 g/mol. The zero-order valence-corrected chi connectivity index (χ0v) is 17.5. The lowest BCUT2D eigenvalue weighted by Crippen LogP contribution is -2.25. The summed E-state index contributed by atoms with van der Waals surface area (Å²) in [5.74, 6) is -0.228. The van der Waals surface area contributed by atoms with Crippen molar-refractivity contribution in [2.75, 3.05) is 18.2 Å². The molecule has 0 unspecified atom stereocenters. The molecule has 0 aliphatic carbocycles. The summed E-state index contributed by atoms with van der Waals surface area (Å²) in [5, 5.41) is 11.8. The van der Waals surface area contributed by atoms with Gasteiger partial charge in [0.2, 0.25) is 5.13 Å². The van der Waals surface area contributed by atoms with Crippen LogP contribution in [0.4, 0.5) is 5.13 Å². The second-order valence-corrected chi connectivity index (χ2v) is 8.68. The molecule has 2 amide bonds. The number of thiocarbonyl (C=S) groups is 1. The largest absolute Gasteiger partial charge is 0.297 e. The van der Waals surface area contributed by atoms with E-state index in [1.165, 1.54) is 16.2 Å². The first-order chi connectivity index (χ1) is 13.0. The van der Waals surface area contributed by atoms with Crippen molar-refractivity contribution in [2.24, 2.45) is 0 Å². The van der Waals surface area contributed by atoms with Crippen molar-refractivity contribution in [1.29, 1.82) is 0 Å². The normalized spacial score (nSPS) is 16.0. The van der Waals surface area contributed by atoms with Crippen molar-refractivity contribution in [3.63, 3.8) is 0 Å². The molecule has 0 bridgehead atoms. The summed E-state index contributed by atoms with van der Waals surface area (Å²) in [6.45, 7) is 0. The van der Waals surface area contributed by atoms with E-state index in [1.54, 1.807) is 7.05 Å². The van der Waals surface area contributed by atoms with E-state index in [-0.39, 0.29) is 11.8 Å². The van der Waals surface area contributed by atoms with Crippen LogP contribution in [0.25, 0.3) is 0 Å². The van der Waals surface area contributed by atoms with Gasteiger partial charge in [0.1, 0.15) is 9.33 Å². The van der Waals surface area contributed by atoms with E-state index in [9.17, 15) is 9.59 Å². The number of alkyl halides is 1. The molecule has 0 spiro atoms. The highest BCUT2D eigenvalue weighted by Crippen LogP contribution is 2.34. The van der Waals surface area contributed by atoms with E-state index in [1.807, 2.05) is 30.3 Å². The van der Waals surface area contributed by atoms with Gasteiger partial charge in [-0.2, -0.15) is 0 Å². The smallest absolute Gasteiger partial charge is 0.266 e. The van der Waals surface area contributed by atoms with E-state index >= 15 is 0 Å². The molecule has 1 aliphatic rings. The van der Waals surface area contributed by atoms with Crippen LogP contribution in [0.5, 0.6) is 0 Å². The third kappa shape index (κ3) is 4.73. The first-order valence-electron chi connectivity index (χ1n) is 7.96. The minimum atomic E-state index is -0.388. The van der Waals surface area contributed by atoms with Gasteiger partial charge in [-0.15, -0.1) is 21.8 Å². The number of thioether (sulfide) groups is 1.